The highest BCUT2D eigenvalue weighted by Crippen LogP contribution is 2.10. The van der Waals surface area contributed by atoms with Crippen molar-refractivity contribution in [1.29, 1.82) is 0 Å². The van der Waals surface area contributed by atoms with E-state index >= 15 is 0 Å². The highest BCUT2D eigenvalue weighted by molar-refractivity contribution is 7.90. The van der Waals surface area contributed by atoms with Crippen molar-refractivity contribution in [2.45, 2.75) is 25.5 Å². The Kier molecular flexibility index (Phi) is 7.71. The lowest BCUT2D eigenvalue weighted by molar-refractivity contribution is 0.558. The number of nitrogens with one attached hydrogen (secondary N) is 2. The highest BCUT2D eigenvalue weighted by atomic mass is 32.2. The van der Waals surface area contributed by atoms with E-state index in [4.69, 9.17) is 0 Å². The lowest BCUT2D eigenvalue weighted by Gasteiger charge is -2.19. The van der Waals surface area contributed by atoms with Crippen LogP contribution in [0.25, 0.3) is 0 Å². The normalized spacial score (nSPS) is 13.1. The topological polar surface area (TPSA) is 61.4 Å². The molecule has 1 rings (SSSR count). The highest BCUT2D eigenvalue weighted by Gasteiger charge is 2.19. The average Bonchev–Trinajstić information content (AvgIpc) is 2.49. The first-order chi connectivity index (χ1) is 9.97. The van der Waals surface area contributed by atoms with Crippen molar-refractivity contribution in [1.82, 2.24) is 10.0 Å². The summed E-state index contributed by atoms with van der Waals surface area (Å²) < 4.78 is 26.7. The zero-order valence-corrected chi connectivity index (χ0v) is 14.0. The fourth-order valence-electron chi connectivity index (χ4n) is 1.94. The van der Waals surface area contributed by atoms with E-state index in [1.165, 1.54) is 0 Å². The van der Waals surface area contributed by atoms with Crippen molar-refractivity contribution in [3.63, 3.8) is 0 Å². The maximum Gasteiger partial charge on any atom is 0.215 e. The molecule has 0 saturated heterocycles. The molecule has 0 spiro atoms. The van der Waals surface area contributed by atoms with Crippen molar-refractivity contribution < 1.29 is 8.42 Å². The van der Waals surface area contributed by atoms with E-state index in [0.29, 0.717) is 13.1 Å². The van der Waals surface area contributed by atoms with Crippen LogP contribution in [0.15, 0.2) is 30.3 Å². The first kappa shape index (κ1) is 17.9. The maximum atomic E-state index is 12.0. The Balaban J connectivity index is 2.30. The number of hydrogen-bond donors (Lipinski definition) is 2. The summed E-state index contributed by atoms with van der Waals surface area (Å²) in [6.45, 7) is 6.23. The molecule has 0 heterocycles. The van der Waals surface area contributed by atoms with Crippen LogP contribution < -0.4 is 14.9 Å². The van der Waals surface area contributed by atoms with E-state index in [1.807, 2.05) is 44.3 Å². The number of sulfonamides is 1. The largest absolute Gasteiger partial charge is 0.375 e. The van der Waals surface area contributed by atoms with Gasteiger partial charge in [0.25, 0.3) is 0 Å². The van der Waals surface area contributed by atoms with E-state index in [1.54, 1.807) is 6.92 Å². The second-order valence-electron chi connectivity index (χ2n) is 5.17. The Morgan fingerprint density at radius 3 is 2.52 bits per heavy atom. The second kappa shape index (κ2) is 9.02. The van der Waals surface area contributed by atoms with Crippen LogP contribution in [0.4, 0.5) is 5.69 Å². The molecule has 0 bridgehead atoms. The Labute approximate surface area is 128 Å². The fourth-order valence-corrected chi connectivity index (χ4v) is 2.99. The Morgan fingerprint density at radius 1 is 1.24 bits per heavy atom. The second-order valence-corrected chi connectivity index (χ2v) is 7.35. The molecule has 0 aliphatic rings. The van der Waals surface area contributed by atoms with E-state index in [0.717, 1.165) is 25.2 Å². The summed E-state index contributed by atoms with van der Waals surface area (Å²) in [5, 5.41) is 2.64. The quantitative estimate of drug-likeness (QED) is 0.642. The number of rotatable bonds is 10. The van der Waals surface area contributed by atoms with Gasteiger partial charge in [0.1, 0.15) is 0 Å². The molecule has 0 fully saturated rings. The Morgan fingerprint density at radius 2 is 1.90 bits per heavy atom. The van der Waals surface area contributed by atoms with Crippen LogP contribution >= 0.6 is 0 Å². The first-order valence-corrected chi connectivity index (χ1v) is 8.97. The number of hydrogen-bond acceptors (Lipinski definition) is 4. The molecule has 1 aromatic carbocycles. The van der Waals surface area contributed by atoms with E-state index in [2.05, 4.69) is 14.9 Å². The van der Waals surface area contributed by atoms with Crippen LogP contribution in [0.3, 0.4) is 0 Å². The molecule has 5 nitrogen and oxygen atoms in total. The van der Waals surface area contributed by atoms with Crippen molar-refractivity contribution in [2.75, 3.05) is 38.1 Å². The molecule has 0 radical (unpaired) electrons. The average molecular weight is 313 g/mol. The van der Waals surface area contributed by atoms with Crippen molar-refractivity contribution in [2.24, 2.45) is 0 Å². The summed E-state index contributed by atoms with van der Waals surface area (Å²) in [5.41, 5.74) is 1.14. The van der Waals surface area contributed by atoms with E-state index in [-0.39, 0.29) is 0 Å². The predicted molar refractivity (Wildman–Crippen MR) is 89.3 cm³/mol. The minimum atomic E-state index is -3.23. The molecular formula is C15H27N3O2S. The number of anilines is 1. The van der Waals surface area contributed by atoms with Crippen LogP contribution in [-0.2, 0) is 10.0 Å². The SMILES string of the molecule is CCNCC(C)S(=O)(=O)NCCCN(C)c1ccccc1. The van der Waals surface area contributed by atoms with Gasteiger partial charge in [0.2, 0.25) is 10.0 Å². The zero-order chi connectivity index (χ0) is 15.7. The molecule has 2 N–H and O–H groups in total. The van der Waals surface area contributed by atoms with Crippen LogP contribution in [-0.4, -0.2) is 46.9 Å². The third-order valence-electron chi connectivity index (χ3n) is 3.38. The molecule has 0 aliphatic carbocycles. The minimum absolute atomic E-state index is 0.413. The van der Waals surface area contributed by atoms with E-state index < -0.39 is 15.3 Å². The van der Waals surface area contributed by atoms with Crippen LogP contribution in [0.2, 0.25) is 0 Å². The van der Waals surface area contributed by atoms with Gasteiger partial charge in [0, 0.05) is 32.4 Å². The summed E-state index contributed by atoms with van der Waals surface area (Å²) in [7, 11) is -1.21. The van der Waals surface area contributed by atoms with Gasteiger partial charge < -0.3 is 10.2 Å². The van der Waals surface area contributed by atoms with Gasteiger partial charge in [-0.15, -0.1) is 0 Å². The van der Waals surface area contributed by atoms with Gasteiger partial charge >= 0.3 is 0 Å². The lowest BCUT2D eigenvalue weighted by Crippen LogP contribution is -2.39. The van der Waals surface area contributed by atoms with Crippen molar-refractivity contribution >= 4 is 15.7 Å². The number of nitrogens with zero attached hydrogens (tertiary/aromatic N) is 1. The van der Waals surface area contributed by atoms with Gasteiger partial charge in [-0.3, -0.25) is 0 Å². The summed E-state index contributed by atoms with van der Waals surface area (Å²) in [6.07, 6.45) is 0.776. The van der Waals surface area contributed by atoms with Gasteiger partial charge in [-0.2, -0.15) is 0 Å². The molecule has 0 amide bonds. The number of benzene rings is 1. The summed E-state index contributed by atoms with van der Waals surface area (Å²) in [5.74, 6) is 0. The van der Waals surface area contributed by atoms with Crippen LogP contribution in [0, 0.1) is 0 Å². The van der Waals surface area contributed by atoms with Gasteiger partial charge in [0.05, 0.1) is 5.25 Å². The molecular weight excluding hydrogens is 286 g/mol. The molecule has 0 saturated carbocycles. The van der Waals surface area contributed by atoms with Crippen molar-refractivity contribution in [3.8, 4) is 0 Å². The fraction of sp³-hybridized carbons (Fsp3) is 0.600. The van der Waals surface area contributed by atoms with Crippen molar-refractivity contribution in [3.05, 3.63) is 30.3 Å². The third kappa shape index (κ3) is 6.46. The molecule has 1 atom stereocenters. The monoisotopic (exact) mass is 313 g/mol. The predicted octanol–water partition coefficient (Wildman–Crippen LogP) is 1.43. The van der Waals surface area contributed by atoms with Gasteiger partial charge in [-0.05, 0) is 32.0 Å². The third-order valence-corrected chi connectivity index (χ3v) is 5.21. The van der Waals surface area contributed by atoms with E-state index in [9.17, 15) is 8.42 Å². The summed E-state index contributed by atoms with van der Waals surface area (Å²) in [4.78, 5) is 2.12. The molecule has 21 heavy (non-hydrogen) atoms. The Bertz CT molecular complexity index is 491. The summed E-state index contributed by atoms with van der Waals surface area (Å²) >= 11 is 0. The van der Waals surface area contributed by atoms with Gasteiger partial charge in [-0.1, -0.05) is 25.1 Å². The molecule has 0 aromatic heterocycles. The molecule has 120 valence electrons. The van der Waals surface area contributed by atoms with Gasteiger partial charge in [-0.25, -0.2) is 13.1 Å². The minimum Gasteiger partial charge on any atom is -0.375 e. The standard InChI is InChI=1S/C15H27N3O2S/c1-4-16-13-14(2)21(19,20)17-11-8-12-18(3)15-9-6-5-7-10-15/h5-7,9-10,14,16-17H,4,8,11-13H2,1-3H3. The smallest absolute Gasteiger partial charge is 0.215 e. The molecule has 6 heteroatoms. The molecule has 1 unspecified atom stereocenters. The van der Waals surface area contributed by atoms with Crippen LogP contribution in [0.1, 0.15) is 20.3 Å². The first-order valence-electron chi connectivity index (χ1n) is 7.42. The molecule has 1 aromatic rings. The van der Waals surface area contributed by atoms with Gasteiger partial charge in [0.15, 0.2) is 0 Å². The Hall–Kier alpha value is -1.11. The zero-order valence-electron chi connectivity index (χ0n) is 13.2. The maximum absolute atomic E-state index is 12.0. The number of para-hydroxylation sites is 1. The lowest BCUT2D eigenvalue weighted by atomic mass is 10.3. The van der Waals surface area contributed by atoms with Crippen LogP contribution in [0.5, 0.6) is 0 Å². The molecule has 0 aliphatic heterocycles. The summed E-state index contributed by atoms with van der Waals surface area (Å²) in [6, 6.07) is 10.1.